The predicted molar refractivity (Wildman–Crippen MR) is 108 cm³/mol. The van der Waals surface area contributed by atoms with Gasteiger partial charge in [-0.25, -0.2) is 0 Å². The third kappa shape index (κ3) is 3.78. The third-order valence-electron chi connectivity index (χ3n) is 3.94. The lowest BCUT2D eigenvalue weighted by atomic mass is 10.2. The van der Waals surface area contributed by atoms with Crippen LogP contribution in [0.25, 0.3) is 10.2 Å². The molecule has 7 heteroatoms. The van der Waals surface area contributed by atoms with Crippen LogP contribution in [0.2, 0.25) is 0 Å². The van der Waals surface area contributed by atoms with Crippen LogP contribution in [-0.4, -0.2) is 36.7 Å². The molecule has 26 heavy (non-hydrogen) atoms. The van der Waals surface area contributed by atoms with Crippen LogP contribution >= 0.6 is 23.1 Å². The van der Waals surface area contributed by atoms with Gasteiger partial charge >= 0.3 is 0 Å². The van der Waals surface area contributed by atoms with Crippen LogP contribution in [0.15, 0.2) is 47.5 Å². The van der Waals surface area contributed by atoms with Gasteiger partial charge in [-0.15, -0.1) is 0 Å². The molecule has 0 radical (unpaired) electrons. The van der Waals surface area contributed by atoms with E-state index >= 15 is 0 Å². The second-order valence-electron chi connectivity index (χ2n) is 5.48. The number of nitrogens with zero attached hydrogens (tertiary/aromatic N) is 2. The Balaban J connectivity index is 2.11. The topological polar surface area (TPSA) is 52.8 Å². The Morgan fingerprint density at radius 3 is 2.73 bits per heavy atom. The average Bonchev–Trinajstić information content (AvgIpc) is 3.02. The van der Waals surface area contributed by atoms with Crippen molar-refractivity contribution in [3.8, 4) is 11.5 Å². The fraction of sp³-hybridized carbons (Fsp3) is 0.263. The fourth-order valence-corrected chi connectivity index (χ4v) is 4.05. The highest BCUT2D eigenvalue weighted by atomic mass is 32.2. The standard InChI is InChI=1S/C19H20N2O3S2/c1-23-13-8-9-16(24-2)14(12-13)18(22)20-19-21(10-11-25-3)15-6-4-5-7-17(15)26-19/h4-9,12H,10-11H2,1-3H3. The number of aromatic nitrogens is 1. The maximum Gasteiger partial charge on any atom is 0.283 e. The summed E-state index contributed by atoms with van der Waals surface area (Å²) >= 11 is 3.28. The molecular weight excluding hydrogens is 368 g/mol. The highest BCUT2D eigenvalue weighted by Crippen LogP contribution is 2.25. The Bertz CT molecular complexity index is 992. The minimum atomic E-state index is -0.342. The summed E-state index contributed by atoms with van der Waals surface area (Å²) in [5.41, 5.74) is 1.48. The van der Waals surface area contributed by atoms with Gasteiger partial charge in [-0.1, -0.05) is 23.5 Å². The summed E-state index contributed by atoms with van der Waals surface area (Å²) in [5, 5.41) is 0. The van der Waals surface area contributed by atoms with Crippen LogP contribution < -0.4 is 14.3 Å². The van der Waals surface area contributed by atoms with E-state index in [-0.39, 0.29) is 5.91 Å². The first kappa shape index (κ1) is 18.5. The number of hydrogen-bond acceptors (Lipinski definition) is 5. The molecule has 0 N–H and O–H groups in total. The number of para-hydroxylation sites is 1. The van der Waals surface area contributed by atoms with Crippen LogP contribution in [-0.2, 0) is 6.54 Å². The Kier molecular flexibility index (Phi) is 6.00. The van der Waals surface area contributed by atoms with Crippen LogP contribution in [0.1, 0.15) is 10.4 Å². The summed E-state index contributed by atoms with van der Waals surface area (Å²) in [5.74, 6) is 1.68. The SMILES string of the molecule is COc1ccc(OC)c(C(=O)N=c2sc3ccccc3n2CCSC)c1. The van der Waals surface area contributed by atoms with Crippen molar-refractivity contribution in [3.05, 3.63) is 52.8 Å². The van der Waals surface area contributed by atoms with E-state index in [1.54, 1.807) is 37.1 Å². The number of aryl methyl sites for hydroxylation is 1. The largest absolute Gasteiger partial charge is 0.497 e. The van der Waals surface area contributed by atoms with E-state index in [9.17, 15) is 4.79 Å². The molecule has 0 bridgehead atoms. The molecule has 0 fully saturated rings. The van der Waals surface area contributed by atoms with E-state index in [4.69, 9.17) is 9.47 Å². The van der Waals surface area contributed by atoms with Crippen molar-refractivity contribution in [1.82, 2.24) is 4.57 Å². The van der Waals surface area contributed by atoms with Crippen molar-refractivity contribution in [1.29, 1.82) is 0 Å². The molecule has 0 aliphatic heterocycles. The van der Waals surface area contributed by atoms with Gasteiger partial charge in [0.2, 0.25) is 0 Å². The number of rotatable bonds is 6. The fourth-order valence-electron chi connectivity index (χ4n) is 2.63. The Morgan fingerprint density at radius 1 is 1.19 bits per heavy atom. The molecule has 0 aliphatic carbocycles. The lowest BCUT2D eigenvalue weighted by Gasteiger charge is -2.07. The summed E-state index contributed by atoms with van der Waals surface area (Å²) in [6.45, 7) is 0.798. The first-order valence-electron chi connectivity index (χ1n) is 8.06. The smallest absolute Gasteiger partial charge is 0.283 e. The number of fused-ring (bicyclic) bond motifs is 1. The molecule has 0 saturated carbocycles. The molecule has 2 aromatic carbocycles. The van der Waals surface area contributed by atoms with Crippen molar-refractivity contribution in [2.45, 2.75) is 6.54 Å². The van der Waals surface area contributed by atoms with Gasteiger partial charge in [0.15, 0.2) is 4.80 Å². The monoisotopic (exact) mass is 388 g/mol. The summed E-state index contributed by atoms with van der Waals surface area (Å²) in [6, 6.07) is 13.2. The summed E-state index contributed by atoms with van der Waals surface area (Å²) in [4.78, 5) is 17.9. The zero-order chi connectivity index (χ0) is 18.5. The van der Waals surface area contributed by atoms with Gasteiger partial charge in [0, 0.05) is 12.3 Å². The predicted octanol–water partition coefficient (Wildman–Crippen LogP) is 3.82. The van der Waals surface area contributed by atoms with Gasteiger partial charge in [0.1, 0.15) is 11.5 Å². The molecule has 1 heterocycles. The van der Waals surface area contributed by atoms with Crippen molar-refractivity contribution in [2.24, 2.45) is 4.99 Å². The number of thioether (sulfide) groups is 1. The minimum absolute atomic E-state index is 0.342. The molecular formula is C19H20N2O3S2. The van der Waals surface area contributed by atoms with Gasteiger partial charge in [-0.3, -0.25) is 4.79 Å². The van der Waals surface area contributed by atoms with Crippen molar-refractivity contribution in [3.63, 3.8) is 0 Å². The van der Waals surface area contributed by atoms with Gasteiger partial charge in [-0.05, 0) is 36.6 Å². The van der Waals surface area contributed by atoms with Gasteiger partial charge < -0.3 is 14.0 Å². The second kappa shape index (κ2) is 8.42. The molecule has 0 aliphatic rings. The maximum atomic E-state index is 12.9. The molecule has 136 valence electrons. The van der Waals surface area contributed by atoms with Gasteiger partial charge in [0.25, 0.3) is 5.91 Å². The highest BCUT2D eigenvalue weighted by molar-refractivity contribution is 7.98. The lowest BCUT2D eigenvalue weighted by Crippen LogP contribution is -2.18. The van der Waals surface area contributed by atoms with Crippen LogP contribution in [0, 0.1) is 0 Å². The quantitative estimate of drug-likeness (QED) is 0.644. The Hall–Kier alpha value is -2.25. The normalized spacial score (nSPS) is 11.7. The molecule has 5 nitrogen and oxygen atoms in total. The number of carbonyl (C=O) groups excluding carboxylic acids is 1. The number of carbonyl (C=O) groups is 1. The number of benzene rings is 2. The molecule has 0 spiro atoms. The number of thiazole rings is 1. The van der Waals surface area contributed by atoms with E-state index in [1.807, 2.05) is 18.2 Å². The Morgan fingerprint density at radius 2 is 2.00 bits per heavy atom. The van der Waals surface area contributed by atoms with Crippen molar-refractivity contribution < 1.29 is 14.3 Å². The van der Waals surface area contributed by atoms with Gasteiger partial charge in [0.05, 0.1) is 30.0 Å². The van der Waals surface area contributed by atoms with E-state index in [0.717, 1.165) is 22.5 Å². The molecule has 0 saturated heterocycles. The number of hydrogen-bond donors (Lipinski definition) is 0. The zero-order valence-corrected chi connectivity index (χ0v) is 16.5. The van der Waals surface area contributed by atoms with Crippen molar-refractivity contribution in [2.75, 3.05) is 26.2 Å². The van der Waals surface area contributed by atoms with E-state index in [0.29, 0.717) is 21.9 Å². The zero-order valence-electron chi connectivity index (χ0n) is 14.9. The summed E-state index contributed by atoms with van der Waals surface area (Å²) in [6.07, 6.45) is 2.07. The average molecular weight is 389 g/mol. The number of methoxy groups -OCH3 is 2. The molecule has 0 atom stereocenters. The minimum Gasteiger partial charge on any atom is -0.497 e. The van der Waals surface area contributed by atoms with Gasteiger partial charge in [-0.2, -0.15) is 16.8 Å². The van der Waals surface area contributed by atoms with Crippen LogP contribution in [0.3, 0.4) is 0 Å². The van der Waals surface area contributed by atoms with Crippen molar-refractivity contribution >= 4 is 39.2 Å². The van der Waals surface area contributed by atoms with E-state index in [1.165, 1.54) is 18.4 Å². The highest BCUT2D eigenvalue weighted by Gasteiger charge is 2.14. The lowest BCUT2D eigenvalue weighted by molar-refractivity contribution is 0.0994. The van der Waals surface area contributed by atoms with Crippen LogP contribution in [0.5, 0.6) is 11.5 Å². The number of ether oxygens (including phenoxy) is 2. The molecule has 3 rings (SSSR count). The first-order valence-corrected chi connectivity index (χ1v) is 10.3. The van der Waals surface area contributed by atoms with E-state index in [2.05, 4.69) is 21.9 Å². The summed E-state index contributed by atoms with van der Waals surface area (Å²) < 4.78 is 13.7. The third-order valence-corrected chi connectivity index (χ3v) is 5.59. The van der Waals surface area contributed by atoms with Crippen LogP contribution in [0.4, 0.5) is 0 Å². The number of amides is 1. The molecule has 3 aromatic rings. The first-order chi connectivity index (χ1) is 12.7. The molecule has 1 aromatic heterocycles. The van der Waals surface area contributed by atoms with E-state index < -0.39 is 0 Å². The molecule has 0 unspecified atom stereocenters. The molecule has 1 amide bonds. The Labute approximate surface area is 160 Å². The maximum absolute atomic E-state index is 12.9. The second-order valence-corrected chi connectivity index (χ2v) is 7.47. The summed E-state index contributed by atoms with van der Waals surface area (Å²) in [7, 11) is 3.10.